The Morgan fingerprint density at radius 2 is 0.868 bits per heavy atom. The van der Waals surface area contributed by atoms with Gasteiger partial charge in [-0.1, -0.05) is 157 Å². The summed E-state index contributed by atoms with van der Waals surface area (Å²) in [7, 11) is 2.73. The van der Waals surface area contributed by atoms with Crippen molar-refractivity contribution in [1.29, 1.82) is 5.26 Å². The number of carbonyl (C=O) groups is 13. The van der Waals surface area contributed by atoms with Gasteiger partial charge in [0.25, 0.3) is 0 Å². The second kappa shape index (κ2) is 49.5. The van der Waals surface area contributed by atoms with Gasteiger partial charge in [0.1, 0.15) is 54.4 Å². The van der Waals surface area contributed by atoms with E-state index in [1.54, 1.807) is 0 Å². The topological polar surface area (TPSA) is 375 Å². The van der Waals surface area contributed by atoms with E-state index in [4.69, 9.17) is 61.6 Å². The van der Waals surface area contributed by atoms with E-state index in [0.717, 1.165) is 57.8 Å². The number of esters is 13. The molecule has 18 fully saturated rings. The second-order valence-corrected chi connectivity index (χ2v) is 38.9. The molecule has 0 aromatic heterocycles. The zero-order chi connectivity index (χ0) is 87.1. The quantitative estimate of drug-likeness (QED) is 0.0908. The van der Waals surface area contributed by atoms with Crippen LogP contribution in [-0.2, 0) is 129 Å². The summed E-state index contributed by atoms with van der Waals surface area (Å²) in [5.74, 6) is -2.88. The predicted octanol–water partition coefficient (Wildman–Crippen LogP) is 20.1. The van der Waals surface area contributed by atoms with Crippen molar-refractivity contribution >= 4 is 77.6 Å². The predicted molar refractivity (Wildman–Crippen MR) is 497 cm³/mol. The lowest BCUT2D eigenvalue weighted by atomic mass is 9.74. The van der Waals surface area contributed by atoms with Gasteiger partial charge in [0, 0.05) is 47.8 Å². The molecule has 8 saturated carbocycles. The highest BCUT2D eigenvalue weighted by molar-refractivity contribution is 5.88. The van der Waals surface area contributed by atoms with Crippen molar-refractivity contribution < 1.29 is 129 Å². The average Bonchev–Trinajstić information content (AvgIpc) is 1.53. The van der Waals surface area contributed by atoms with Gasteiger partial charge in [-0.05, 0) is 193 Å². The first-order valence-electron chi connectivity index (χ1n) is 43.3. The Morgan fingerprint density at radius 3 is 1.32 bits per heavy atom. The Kier molecular flexibility index (Phi) is 49.1. The zero-order valence-corrected chi connectivity index (χ0v) is 73.5. The molecule has 0 radical (unpaired) electrons. The van der Waals surface area contributed by atoms with Gasteiger partial charge in [0.2, 0.25) is 0 Å². The number of hydrogen-bond acceptors (Lipinski definition) is 28. The number of methoxy groups -OCH3 is 2. The maximum absolute atomic E-state index is 12.4. The fraction of sp³-hybridized carbons (Fsp3) is 0.861. The molecule has 0 spiro atoms. The summed E-state index contributed by atoms with van der Waals surface area (Å²) in [6.45, 7) is 40.7. The molecule has 12 bridgehead atoms. The minimum absolute atomic E-state index is 0. The Hall–Kier alpha value is -7.44. The fourth-order valence-corrected chi connectivity index (χ4v) is 19.0. The normalized spacial score (nSPS) is 33.3. The minimum Gasteiger partial charge on any atom is -0.469 e. The molecule has 28 heteroatoms. The SMILES string of the molecule is C.C.C.C.C.C.C.C.C.C.C.C.CC.CCC(C)(C)C(=O)OC.CCC(C)(C)C(=O)OC1C2CC3C(=O)OC1C3O2.CCC(C)(C)C(=O)OC1C2CC3C1OC(=O)C3(C#N)C2.CCC(C)(C)C(=O)OC1C2CC3C1OC(=O)C3C2C(=O)OC.CCC(C)(C)C(=O)OC1C2CC3CC2C(=O)OC31.CCC(C)(C)C(=O)OC1CC2CCC1(C)OC2=O.O=C1OCC2CCCCC12. The molecule has 26 atom stereocenters. The lowest BCUT2D eigenvalue weighted by Gasteiger charge is -2.48. The molecule has 10 saturated heterocycles. The van der Waals surface area contributed by atoms with E-state index in [1.807, 2.05) is 145 Å². The number of fused-ring (bicyclic) bond motifs is 8. The van der Waals surface area contributed by atoms with E-state index in [2.05, 4.69) is 10.8 Å². The Bertz CT molecular complexity index is 3690. The molecular formula is C101H181NO27. The summed E-state index contributed by atoms with van der Waals surface area (Å²) in [5, 5.41) is 9.31. The Labute approximate surface area is 778 Å². The van der Waals surface area contributed by atoms with Gasteiger partial charge < -0.3 is 66.3 Å². The Balaban J connectivity index is -0.000000703. The molecule has 18 rings (SSSR count). The van der Waals surface area contributed by atoms with Crippen LogP contribution in [0.25, 0.3) is 0 Å². The first kappa shape index (κ1) is 128. The van der Waals surface area contributed by atoms with Crippen molar-refractivity contribution in [3.63, 3.8) is 0 Å². The van der Waals surface area contributed by atoms with Gasteiger partial charge in [-0.2, -0.15) is 5.26 Å². The highest BCUT2D eigenvalue weighted by atomic mass is 16.7. The summed E-state index contributed by atoms with van der Waals surface area (Å²) < 4.78 is 75.0. The molecule has 0 aromatic rings. The molecule has 8 aliphatic carbocycles. The van der Waals surface area contributed by atoms with Crippen molar-refractivity contribution in [1.82, 2.24) is 0 Å². The van der Waals surface area contributed by atoms with Crippen LogP contribution in [0.3, 0.4) is 0 Å². The molecule has 18 aliphatic rings. The third-order valence-electron chi connectivity index (χ3n) is 29.5. The number of carbonyl (C=O) groups excluding carboxylic acids is 13. The first-order valence-corrected chi connectivity index (χ1v) is 43.3. The van der Waals surface area contributed by atoms with E-state index in [1.165, 1.54) is 33.5 Å². The standard InChI is InChI=1S/C16H22O6.C15H19NO4.C14H20O4.C14H22O4.C13H18O5.C8H12O2.C7H14O2.C2H6.12CH4/c1-5-16(2,3)15(19)22-12-7-6-8-10(9(7)13(17)20-4)14(18)21-11(8)12;1-4-14(2,3)12(17)19-10-8-5-9-11(10)20-13(18)15(9,6-8)7-16;1-4-14(2,3)13(16)18-11-8-5-7-6-9(8)12(15)17-10(7)11;1-5-13(2,3)12(16)17-10-8-9-6-7-14(10,4)18-11(9)15;1-4-13(2,3)12(15)18-9-7-5-6-8(16-7)10(9)17-11(6)14;9-8-7-4-2-1-3-6(7)5-10-8;1-5-7(2,3)6(8)9-4;1-2;;;;;;;;;;;;/h7-12H,5-6H2,1-4H3;8-11H,4-6H2,1-3H3;7-11H,4-6H2,1-3H3;9-10H,5-8H2,1-4H3;6-10H,4-5H2,1-3H3;6-7H,1-5H2;5H2,1-4H3;1-2H3;12*1H4. The number of nitriles is 1. The summed E-state index contributed by atoms with van der Waals surface area (Å²) in [6.07, 6.45) is 12.2. The average molecular weight is 1840 g/mol. The van der Waals surface area contributed by atoms with Crippen LogP contribution in [0.1, 0.15) is 357 Å². The summed E-state index contributed by atoms with van der Waals surface area (Å²) >= 11 is 0. The van der Waals surface area contributed by atoms with Gasteiger partial charge in [0.15, 0.2) is 17.6 Å². The van der Waals surface area contributed by atoms with Crippen LogP contribution in [0.5, 0.6) is 0 Å². The molecule has 0 N–H and O–H groups in total. The van der Waals surface area contributed by atoms with E-state index in [9.17, 15) is 67.6 Å². The number of hydrogen-bond donors (Lipinski definition) is 0. The van der Waals surface area contributed by atoms with Crippen LogP contribution >= 0.6 is 0 Å². The van der Waals surface area contributed by atoms with Crippen molar-refractivity contribution in [2.75, 3.05) is 20.8 Å². The number of ether oxygens (including phenoxy) is 14. The van der Waals surface area contributed by atoms with Crippen LogP contribution in [0.4, 0.5) is 0 Å². The molecule has 28 nitrogen and oxygen atoms in total. The molecule has 10 aliphatic heterocycles. The molecule has 129 heavy (non-hydrogen) atoms. The molecule has 0 aromatic carbocycles. The molecule has 10 heterocycles. The summed E-state index contributed by atoms with van der Waals surface area (Å²) in [4.78, 5) is 153. The largest absolute Gasteiger partial charge is 0.469 e. The van der Waals surface area contributed by atoms with E-state index >= 15 is 0 Å². The van der Waals surface area contributed by atoms with Crippen molar-refractivity contribution in [3.8, 4) is 6.07 Å². The fourth-order valence-electron chi connectivity index (χ4n) is 19.0. The monoisotopic (exact) mass is 1840 g/mol. The lowest BCUT2D eigenvalue weighted by molar-refractivity contribution is -0.221. The third kappa shape index (κ3) is 25.2. The molecule has 752 valence electrons. The molecule has 0 amide bonds. The number of nitrogens with zero attached hydrogens (tertiary/aromatic N) is 1. The van der Waals surface area contributed by atoms with Gasteiger partial charge in [-0.25, -0.2) is 0 Å². The Morgan fingerprint density at radius 1 is 0.419 bits per heavy atom. The zero-order valence-electron chi connectivity index (χ0n) is 73.5. The minimum atomic E-state index is -0.974. The third-order valence-corrected chi connectivity index (χ3v) is 29.5. The van der Waals surface area contributed by atoms with Gasteiger partial charge in [-0.15, -0.1) is 0 Å². The van der Waals surface area contributed by atoms with E-state index in [-0.39, 0.29) is 250 Å². The van der Waals surface area contributed by atoms with Crippen molar-refractivity contribution in [2.45, 2.75) is 429 Å². The van der Waals surface area contributed by atoms with E-state index in [0.29, 0.717) is 63.4 Å². The van der Waals surface area contributed by atoms with Crippen LogP contribution in [-0.4, -0.2) is 171 Å². The number of rotatable bonds is 18. The highest BCUT2D eigenvalue weighted by Crippen LogP contribution is 2.63. The summed E-state index contributed by atoms with van der Waals surface area (Å²) in [5.41, 5.74) is -4.47. The van der Waals surface area contributed by atoms with Crippen molar-refractivity contribution in [3.05, 3.63) is 0 Å². The van der Waals surface area contributed by atoms with Crippen LogP contribution in [0.2, 0.25) is 0 Å². The number of cyclic esters (lactones) is 1. The highest BCUT2D eigenvalue weighted by Gasteiger charge is 2.74. The van der Waals surface area contributed by atoms with E-state index < -0.39 is 92.4 Å². The smallest absolute Gasteiger partial charge is 0.327 e. The lowest BCUT2D eigenvalue weighted by Crippen LogP contribution is -2.57. The van der Waals surface area contributed by atoms with Gasteiger partial charge >= 0.3 is 77.6 Å². The van der Waals surface area contributed by atoms with Crippen LogP contribution in [0.15, 0.2) is 0 Å². The molecule has 26 unspecified atom stereocenters. The van der Waals surface area contributed by atoms with Gasteiger partial charge in [0.05, 0.1) is 101 Å². The molecular weight excluding hydrogens is 1660 g/mol. The summed E-state index contributed by atoms with van der Waals surface area (Å²) in [6, 6.07) is 2.15. The van der Waals surface area contributed by atoms with Crippen LogP contribution < -0.4 is 0 Å². The maximum Gasteiger partial charge on any atom is 0.327 e. The van der Waals surface area contributed by atoms with Crippen LogP contribution in [0, 0.1) is 126 Å². The van der Waals surface area contributed by atoms with Crippen molar-refractivity contribution in [2.24, 2.45) is 115 Å². The second-order valence-electron chi connectivity index (χ2n) is 38.9. The maximum atomic E-state index is 12.4. The first-order chi connectivity index (χ1) is 54.7. The van der Waals surface area contributed by atoms with Gasteiger partial charge in [-0.3, -0.25) is 62.3 Å².